The van der Waals surface area contributed by atoms with Gasteiger partial charge in [0.05, 0.1) is 12.1 Å². The number of nitrogens with one attached hydrogen (secondary N) is 3. The topological polar surface area (TPSA) is 137 Å². The van der Waals surface area contributed by atoms with Crippen molar-refractivity contribution >= 4 is 17.9 Å². The van der Waals surface area contributed by atoms with Crippen molar-refractivity contribution in [1.29, 1.82) is 0 Å². The summed E-state index contributed by atoms with van der Waals surface area (Å²) in [5, 5.41) is 30.8. The van der Waals surface area contributed by atoms with Crippen LogP contribution in [-0.2, 0) is 14.3 Å². The molecule has 9 heteroatoms. The molecular formula is C34H63N3O6. The van der Waals surface area contributed by atoms with Crippen LogP contribution in [0.3, 0.4) is 0 Å². The van der Waals surface area contributed by atoms with Gasteiger partial charge in [-0.2, -0.15) is 0 Å². The van der Waals surface area contributed by atoms with Gasteiger partial charge in [-0.15, -0.1) is 0 Å². The smallest absolute Gasteiger partial charge is 0.408 e. The number of aliphatic hydroxyl groups excluding tert-OH is 2. The molecule has 0 aromatic rings. The average Bonchev–Trinajstić information content (AvgIpc) is 2.94. The summed E-state index contributed by atoms with van der Waals surface area (Å²) >= 11 is 0. The van der Waals surface area contributed by atoms with E-state index in [-0.39, 0.29) is 17.7 Å². The third-order valence-corrected chi connectivity index (χ3v) is 9.25. The Labute approximate surface area is 261 Å². The standard InChI is InChI=1S/C34H63N3O6/c1-8-23(4)29(32(41)35-26(20-24-15-11-9-12-16-24)30(39)28(38)19-22(2)3)37-31(40)27(21-25-17-13-10-14-18-25)36-33(42)43-34(5,6)7/h22-30,38-39H,8-21H2,1-7H3,(H,35,41)(H,36,42)(H,37,40)/t23?,26-,27-,28-,29-,30+/m0/s1. The molecule has 43 heavy (non-hydrogen) atoms. The maximum atomic E-state index is 13.9. The van der Waals surface area contributed by atoms with E-state index in [9.17, 15) is 24.6 Å². The summed E-state index contributed by atoms with van der Waals surface area (Å²) in [7, 11) is 0. The minimum atomic E-state index is -1.10. The summed E-state index contributed by atoms with van der Waals surface area (Å²) < 4.78 is 5.47. The molecule has 0 heterocycles. The Morgan fingerprint density at radius 3 is 1.81 bits per heavy atom. The van der Waals surface area contributed by atoms with Crippen molar-refractivity contribution in [2.24, 2.45) is 23.7 Å². The van der Waals surface area contributed by atoms with Gasteiger partial charge >= 0.3 is 6.09 Å². The second-order valence-electron chi connectivity index (χ2n) is 14.9. The highest BCUT2D eigenvalue weighted by Crippen LogP contribution is 2.30. The van der Waals surface area contributed by atoms with E-state index in [4.69, 9.17) is 4.74 Å². The highest BCUT2D eigenvalue weighted by Gasteiger charge is 2.36. The number of hydrogen-bond donors (Lipinski definition) is 5. The van der Waals surface area contributed by atoms with Crippen molar-refractivity contribution in [2.45, 2.75) is 174 Å². The SMILES string of the molecule is CCC(C)[C@H](NC(=O)[C@H](CC1CCCCC1)NC(=O)OC(C)(C)C)C(=O)N[C@@H](CC1CCCCC1)[C@@H](O)[C@@H](O)CC(C)C. The molecule has 0 bridgehead atoms. The Morgan fingerprint density at radius 1 is 0.791 bits per heavy atom. The fraction of sp³-hybridized carbons (Fsp3) is 0.912. The molecule has 2 aliphatic rings. The lowest BCUT2D eigenvalue weighted by atomic mass is 9.82. The lowest BCUT2D eigenvalue weighted by Crippen LogP contribution is -2.59. The Bertz CT molecular complexity index is 848. The number of carbonyl (C=O) groups excluding carboxylic acids is 3. The summed E-state index contributed by atoms with van der Waals surface area (Å²) in [6.45, 7) is 13.2. The molecular weight excluding hydrogens is 546 g/mol. The average molecular weight is 610 g/mol. The van der Waals surface area contributed by atoms with Crippen LogP contribution >= 0.6 is 0 Å². The molecule has 6 atom stereocenters. The third-order valence-electron chi connectivity index (χ3n) is 9.25. The molecule has 0 aromatic carbocycles. The minimum absolute atomic E-state index is 0.186. The van der Waals surface area contributed by atoms with Crippen LogP contribution in [0, 0.1) is 23.7 Å². The van der Waals surface area contributed by atoms with Crippen LogP contribution in [0.4, 0.5) is 4.79 Å². The summed E-state index contributed by atoms with van der Waals surface area (Å²) in [5.41, 5.74) is -0.705. The number of hydrogen-bond acceptors (Lipinski definition) is 6. The highest BCUT2D eigenvalue weighted by molar-refractivity contribution is 5.91. The van der Waals surface area contributed by atoms with Gasteiger partial charge in [-0.1, -0.05) is 98.3 Å². The molecule has 1 unspecified atom stereocenters. The van der Waals surface area contributed by atoms with Crippen LogP contribution in [0.15, 0.2) is 0 Å². The zero-order valence-electron chi connectivity index (χ0n) is 28.1. The van der Waals surface area contributed by atoms with Crippen molar-refractivity contribution in [3.05, 3.63) is 0 Å². The Balaban J connectivity index is 2.23. The monoisotopic (exact) mass is 609 g/mol. The first-order valence-corrected chi connectivity index (χ1v) is 17.2. The van der Waals surface area contributed by atoms with Crippen LogP contribution in [0.5, 0.6) is 0 Å². The van der Waals surface area contributed by atoms with Crippen molar-refractivity contribution in [3.63, 3.8) is 0 Å². The van der Waals surface area contributed by atoms with Gasteiger partial charge in [0.15, 0.2) is 0 Å². The van der Waals surface area contributed by atoms with Gasteiger partial charge in [0.1, 0.15) is 23.8 Å². The van der Waals surface area contributed by atoms with Crippen molar-refractivity contribution < 1.29 is 29.3 Å². The number of alkyl carbamates (subject to hydrolysis) is 1. The first-order valence-electron chi connectivity index (χ1n) is 17.2. The van der Waals surface area contributed by atoms with E-state index < -0.39 is 47.9 Å². The van der Waals surface area contributed by atoms with Gasteiger partial charge in [-0.25, -0.2) is 4.79 Å². The molecule has 9 nitrogen and oxygen atoms in total. The number of carbonyl (C=O) groups is 3. The molecule has 0 saturated heterocycles. The Morgan fingerprint density at radius 2 is 1.33 bits per heavy atom. The molecule has 0 aromatic heterocycles. The van der Waals surface area contributed by atoms with E-state index in [1.807, 2.05) is 27.7 Å². The molecule has 0 radical (unpaired) electrons. The van der Waals surface area contributed by atoms with Gasteiger partial charge in [0.25, 0.3) is 0 Å². The maximum Gasteiger partial charge on any atom is 0.408 e. The highest BCUT2D eigenvalue weighted by atomic mass is 16.6. The van der Waals surface area contributed by atoms with E-state index in [0.29, 0.717) is 37.5 Å². The van der Waals surface area contributed by atoms with Crippen LogP contribution < -0.4 is 16.0 Å². The fourth-order valence-electron chi connectivity index (χ4n) is 6.62. The first kappa shape index (κ1) is 37.3. The van der Waals surface area contributed by atoms with E-state index in [1.165, 1.54) is 12.8 Å². The van der Waals surface area contributed by atoms with Gasteiger partial charge in [0.2, 0.25) is 11.8 Å². The third kappa shape index (κ3) is 13.8. The minimum Gasteiger partial charge on any atom is -0.444 e. The maximum absolute atomic E-state index is 13.9. The second-order valence-corrected chi connectivity index (χ2v) is 14.9. The van der Waals surface area contributed by atoms with Crippen LogP contribution in [0.1, 0.15) is 138 Å². The molecule has 3 amide bonds. The number of ether oxygens (including phenoxy) is 1. The number of rotatable bonds is 15. The van der Waals surface area contributed by atoms with Crippen molar-refractivity contribution in [2.75, 3.05) is 0 Å². The molecule has 2 fully saturated rings. The first-order chi connectivity index (χ1) is 20.2. The van der Waals surface area contributed by atoms with E-state index in [0.717, 1.165) is 51.4 Å². The summed E-state index contributed by atoms with van der Waals surface area (Å²) in [4.78, 5) is 40.4. The summed E-state index contributed by atoms with van der Waals surface area (Å²) in [6, 6.07) is -2.30. The molecule has 0 spiro atoms. The predicted octanol–water partition coefficient (Wildman–Crippen LogP) is 5.60. The molecule has 250 valence electrons. The second kappa shape index (κ2) is 18.2. The van der Waals surface area contributed by atoms with Gasteiger partial charge in [-0.05, 0) is 63.7 Å². The normalized spacial score (nSPS) is 21.3. The zero-order valence-corrected chi connectivity index (χ0v) is 28.1. The quantitative estimate of drug-likeness (QED) is 0.164. The molecule has 2 saturated carbocycles. The number of aliphatic hydroxyl groups is 2. The van der Waals surface area contributed by atoms with Crippen LogP contribution in [0.25, 0.3) is 0 Å². The Kier molecular flexibility index (Phi) is 15.8. The van der Waals surface area contributed by atoms with E-state index in [2.05, 4.69) is 16.0 Å². The largest absolute Gasteiger partial charge is 0.444 e. The van der Waals surface area contributed by atoms with Gasteiger partial charge in [0, 0.05) is 0 Å². The summed E-state index contributed by atoms with van der Waals surface area (Å²) in [5.74, 6) is -0.0772. The lowest BCUT2D eigenvalue weighted by molar-refractivity contribution is -0.133. The lowest BCUT2D eigenvalue weighted by Gasteiger charge is -2.35. The van der Waals surface area contributed by atoms with Crippen molar-refractivity contribution in [1.82, 2.24) is 16.0 Å². The molecule has 2 rings (SSSR count). The van der Waals surface area contributed by atoms with E-state index >= 15 is 0 Å². The predicted molar refractivity (Wildman–Crippen MR) is 170 cm³/mol. The van der Waals surface area contributed by atoms with Crippen LogP contribution in [0.2, 0.25) is 0 Å². The number of amides is 3. The molecule has 2 aliphatic carbocycles. The van der Waals surface area contributed by atoms with Gasteiger partial charge in [-0.3, -0.25) is 9.59 Å². The zero-order chi connectivity index (χ0) is 32.2. The van der Waals surface area contributed by atoms with Crippen LogP contribution in [-0.4, -0.2) is 64.1 Å². The fourth-order valence-corrected chi connectivity index (χ4v) is 6.62. The van der Waals surface area contributed by atoms with Crippen molar-refractivity contribution in [3.8, 4) is 0 Å². The van der Waals surface area contributed by atoms with Gasteiger partial charge < -0.3 is 30.9 Å². The summed E-state index contributed by atoms with van der Waals surface area (Å²) in [6.07, 6.45) is 10.4. The van der Waals surface area contributed by atoms with E-state index in [1.54, 1.807) is 20.8 Å². The molecule has 5 N–H and O–H groups in total. The Hall–Kier alpha value is -1.87. The molecule has 0 aliphatic heterocycles.